The molecular weight excluding hydrogens is 374 g/mol. The van der Waals surface area contributed by atoms with Gasteiger partial charge in [0.15, 0.2) is 0 Å². The summed E-state index contributed by atoms with van der Waals surface area (Å²) in [5.74, 6) is 0.907. The fourth-order valence-electron chi connectivity index (χ4n) is 3.16. The lowest BCUT2D eigenvalue weighted by Crippen LogP contribution is -2.26. The molecule has 0 radical (unpaired) electrons. The molecule has 0 spiro atoms. The van der Waals surface area contributed by atoms with Crippen molar-refractivity contribution in [2.24, 2.45) is 0 Å². The number of phenols is 1. The number of rotatable bonds is 6. The SMILES string of the molecule is CC(=O)NCCNc1cc(-c2ccc(C(C)(C)C)cc2)cc(-c2ccc(O)cc2)n1. The topological polar surface area (TPSA) is 74.2 Å². The Morgan fingerprint density at radius 2 is 1.53 bits per heavy atom. The first-order chi connectivity index (χ1) is 14.2. The predicted molar refractivity (Wildman–Crippen MR) is 123 cm³/mol. The quantitative estimate of drug-likeness (QED) is 0.508. The molecule has 0 aliphatic carbocycles. The van der Waals surface area contributed by atoms with Crippen LogP contribution in [0.4, 0.5) is 5.82 Å². The van der Waals surface area contributed by atoms with Crippen molar-refractivity contribution in [2.45, 2.75) is 33.1 Å². The summed E-state index contributed by atoms with van der Waals surface area (Å²) in [6.07, 6.45) is 0. The summed E-state index contributed by atoms with van der Waals surface area (Å²) in [5, 5.41) is 15.7. The van der Waals surface area contributed by atoms with E-state index >= 15 is 0 Å². The number of aromatic nitrogens is 1. The molecule has 156 valence electrons. The van der Waals surface area contributed by atoms with Crippen LogP contribution in [0.3, 0.4) is 0 Å². The normalized spacial score (nSPS) is 11.2. The number of benzene rings is 2. The number of hydrogen-bond donors (Lipinski definition) is 3. The number of carbonyl (C=O) groups is 1. The molecule has 0 bridgehead atoms. The minimum absolute atomic E-state index is 0.0535. The first-order valence-electron chi connectivity index (χ1n) is 10.1. The summed E-state index contributed by atoms with van der Waals surface area (Å²) in [6, 6.07) is 19.7. The van der Waals surface area contributed by atoms with Gasteiger partial charge in [-0.15, -0.1) is 0 Å². The van der Waals surface area contributed by atoms with Crippen LogP contribution in [0.15, 0.2) is 60.7 Å². The highest BCUT2D eigenvalue weighted by Crippen LogP contribution is 2.30. The molecule has 30 heavy (non-hydrogen) atoms. The Morgan fingerprint density at radius 3 is 2.13 bits per heavy atom. The molecular formula is C25H29N3O2. The summed E-state index contributed by atoms with van der Waals surface area (Å²) < 4.78 is 0. The van der Waals surface area contributed by atoms with Crippen LogP contribution < -0.4 is 10.6 Å². The Balaban J connectivity index is 1.94. The highest BCUT2D eigenvalue weighted by Gasteiger charge is 2.14. The van der Waals surface area contributed by atoms with E-state index in [2.05, 4.69) is 61.7 Å². The average Bonchev–Trinajstić information content (AvgIpc) is 2.71. The van der Waals surface area contributed by atoms with Gasteiger partial charge >= 0.3 is 0 Å². The van der Waals surface area contributed by atoms with Crippen LogP contribution in [0.1, 0.15) is 33.3 Å². The maximum Gasteiger partial charge on any atom is 0.216 e. The molecule has 3 rings (SSSR count). The maximum absolute atomic E-state index is 11.1. The van der Waals surface area contributed by atoms with Crippen LogP contribution in [0.25, 0.3) is 22.4 Å². The largest absolute Gasteiger partial charge is 0.508 e. The number of carbonyl (C=O) groups excluding carboxylic acids is 1. The van der Waals surface area contributed by atoms with E-state index in [4.69, 9.17) is 4.98 Å². The maximum atomic E-state index is 11.1. The molecule has 0 saturated carbocycles. The van der Waals surface area contributed by atoms with Gasteiger partial charge < -0.3 is 15.7 Å². The molecule has 1 aromatic heterocycles. The molecule has 3 aromatic rings. The molecule has 1 amide bonds. The second-order valence-electron chi connectivity index (χ2n) is 8.41. The molecule has 0 aliphatic rings. The van der Waals surface area contributed by atoms with Crippen molar-refractivity contribution >= 4 is 11.7 Å². The van der Waals surface area contributed by atoms with E-state index in [1.165, 1.54) is 12.5 Å². The summed E-state index contributed by atoms with van der Waals surface area (Å²) in [4.78, 5) is 15.8. The van der Waals surface area contributed by atoms with Gasteiger partial charge in [-0.2, -0.15) is 0 Å². The lowest BCUT2D eigenvalue weighted by Gasteiger charge is -2.19. The number of pyridine rings is 1. The third-order valence-corrected chi connectivity index (χ3v) is 4.88. The van der Waals surface area contributed by atoms with E-state index in [-0.39, 0.29) is 17.1 Å². The van der Waals surface area contributed by atoms with Crippen molar-refractivity contribution in [3.63, 3.8) is 0 Å². The zero-order chi connectivity index (χ0) is 21.7. The van der Waals surface area contributed by atoms with Crippen LogP contribution >= 0.6 is 0 Å². The molecule has 1 heterocycles. The molecule has 0 aliphatic heterocycles. The third kappa shape index (κ3) is 5.60. The van der Waals surface area contributed by atoms with Gasteiger partial charge in [0.25, 0.3) is 0 Å². The van der Waals surface area contributed by atoms with Gasteiger partial charge in [0.05, 0.1) is 5.69 Å². The number of anilines is 1. The average molecular weight is 404 g/mol. The lowest BCUT2D eigenvalue weighted by atomic mass is 9.86. The highest BCUT2D eigenvalue weighted by atomic mass is 16.3. The molecule has 2 aromatic carbocycles. The summed E-state index contributed by atoms with van der Waals surface area (Å²) >= 11 is 0. The molecule has 5 heteroatoms. The minimum Gasteiger partial charge on any atom is -0.508 e. The fraction of sp³-hybridized carbons (Fsp3) is 0.280. The Bertz CT molecular complexity index is 1000. The molecule has 0 unspecified atom stereocenters. The van der Waals surface area contributed by atoms with E-state index in [0.717, 1.165) is 28.2 Å². The van der Waals surface area contributed by atoms with E-state index in [9.17, 15) is 9.90 Å². The first-order valence-corrected chi connectivity index (χ1v) is 10.1. The highest BCUT2D eigenvalue weighted by molar-refractivity contribution is 5.74. The number of aromatic hydroxyl groups is 1. The number of nitrogens with one attached hydrogen (secondary N) is 2. The standard InChI is InChI=1S/C25H29N3O2/c1-17(29)26-13-14-27-24-16-20(18-5-9-21(10-6-18)25(2,3)4)15-23(28-24)19-7-11-22(30)12-8-19/h5-12,15-16,30H,13-14H2,1-4H3,(H,26,29)(H,27,28). The van der Waals surface area contributed by atoms with Gasteiger partial charge in [-0.25, -0.2) is 4.98 Å². The number of hydrogen-bond acceptors (Lipinski definition) is 4. The Kier molecular flexibility index (Phi) is 6.40. The van der Waals surface area contributed by atoms with Crippen LogP contribution in [-0.4, -0.2) is 29.1 Å². The van der Waals surface area contributed by atoms with Gasteiger partial charge in [-0.05, 0) is 58.5 Å². The van der Waals surface area contributed by atoms with Gasteiger partial charge in [0.1, 0.15) is 11.6 Å². The van der Waals surface area contributed by atoms with Gasteiger partial charge in [-0.3, -0.25) is 4.79 Å². The van der Waals surface area contributed by atoms with E-state index in [1.54, 1.807) is 12.1 Å². The van der Waals surface area contributed by atoms with Gasteiger partial charge in [0, 0.05) is 25.6 Å². The zero-order valence-corrected chi connectivity index (χ0v) is 18.0. The fourth-order valence-corrected chi connectivity index (χ4v) is 3.16. The monoisotopic (exact) mass is 403 g/mol. The molecule has 5 nitrogen and oxygen atoms in total. The van der Waals surface area contributed by atoms with Crippen molar-refractivity contribution < 1.29 is 9.90 Å². The second-order valence-corrected chi connectivity index (χ2v) is 8.41. The van der Waals surface area contributed by atoms with Crippen molar-refractivity contribution in [3.8, 4) is 28.1 Å². The Morgan fingerprint density at radius 1 is 0.900 bits per heavy atom. The van der Waals surface area contributed by atoms with E-state index in [0.29, 0.717) is 13.1 Å². The second kappa shape index (κ2) is 8.99. The number of phenolic OH excluding ortho intramolecular Hbond substituents is 1. The molecule has 0 fully saturated rings. The van der Waals surface area contributed by atoms with Gasteiger partial charge in [0.2, 0.25) is 5.91 Å². The molecule has 3 N–H and O–H groups in total. The lowest BCUT2D eigenvalue weighted by molar-refractivity contribution is -0.118. The van der Waals surface area contributed by atoms with Crippen molar-refractivity contribution in [1.82, 2.24) is 10.3 Å². The number of amides is 1. The Hall–Kier alpha value is -3.34. The smallest absolute Gasteiger partial charge is 0.216 e. The zero-order valence-electron chi connectivity index (χ0n) is 18.0. The van der Waals surface area contributed by atoms with Crippen molar-refractivity contribution in [1.29, 1.82) is 0 Å². The molecule has 0 saturated heterocycles. The van der Waals surface area contributed by atoms with Crippen LogP contribution in [-0.2, 0) is 10.2 Å². The van der Waals surface area contributed by atoms with Crippen LogP contribution in [0.2, 0.25) is 0 Å². The summed E-state index contributed by atoms with van der Waals surface area (Å²) in [7, 11) is 0. The van der Waals surface area contributed by atoms with E-state index < -0.39 is 0 Å². The van der Waals surface area contributed by atoms with Gasteiger partial charge in [-0.1, -0.05) is 45.0 Å². The summed E-state index contributed by atoms with van der Waals surface area (Å²) in [6.45, 7) is 9.21. The predicted octanol–water partition coefficient (Wildman–Crippen LogP) is 4.97. The molecule has 0 atom stereocenters. The summed E-state index contributed by atoms with van der Waals surface area (Å²) in [5.41, 5.74) is 5.28. The van der Waals surface area contributed by atoms with Crippen molar-refractivity contribution in [3.05, 3.63) is 66.2 Å². The first kappa shape index (κ1) is 21.4. The number of nitrogens with zero attached hydrogens (tertiary/aromatic N) is 1. The van der Waals surface area contributed by atoms with E-state index in [1.807, 2.05) is 18.2 Å². The Labute approximate surface area is 178 Å². The van der Waals surface area contributed by atoms with Crippen LogP contribution in [0.5, 0.6) is 5.75 Å². The minimum atomic E-state index is -0.0535. The van der Waals surface area contributed by atoms with Crippen molar-refractivity contribution in [2.75, 3.05) is 18.4 Å². The van der Waals surface area contributed by atoms with Crippen LogP contribution in [0, 0.1) is 0 Å². The third-order valence-electron chi connectivity index (χ3n) is 4.88.